The number of rotatable bonds is 7. The van der Waals surface area contributed by atoms with Crippen molar-refractivity contribution in [1.29, 1.82) is 0 Å². The van der Waals surface area contributed by atoms with E-state index >= 15 is 0 Å². The molecule has 3 amide bonds. The smallest absolute Gasteiger partial charge is 0.245 e. The molecule has 0 saturated carbocycles. The van der Waals surface area contributed by atoms with E-state index in [1.54, 1.807) is 0 Å². The van der Waals surface area contributed by atoms with E-state index in [4.69, 9.17) is 0 Å². The summed E-state index contributed by atoms with van der Waals surface area (Å²) < 4.78 is 0. The molecule has 3 aliphatic heterocycles. The first-order valence-corrected chi connectivity index (χ1v) is 14.1. The van der Waals surface area contributed by atoms with Gasteiger partial charge in [-0.2, -0.15) is 0 Å². The molecule has 2 saturated heterocycles. The first-order valence-electron chi connectivity index (χ1n) is 14.1. The van der Waals surface area contributed by atoms with Crippen molar-refractivity contribution in [2.24, 2.45) is 5.92 Å². The van der Waals surface area contributed by atoms with Gasteiger partial charge in [-0.05, 0) is 82.7 Å². The van der Waals surface area contributed by atoms with Crippen LogP contribution in [-0.4, -0.2) is 60.9 Å². The second-order valence-corrected chi connectivity index (χ2v) is 11.5. The largest absolute Gasteiger partial charge is 0.344 e. The van der Waals surface area contributed by atoms with E-state index in [2.05, 4.69) is 22.8 Å². The second kappa shape index (κ2) is 11.3. The molecule has 7 nitrogen and oxygen atoms in total. The van der Waals surface area contributed by atoms with Crippen LogP contribution in [0.2, 0.25) is 0 Å². The van der Waals surface area contributed by atoms with Crippen LogP contribution in [-0.2, 0) is 26.2 Å². The maximum atomic E-state index is 13.7. The summed E-state index contributed by atoms with van der Waals surface area (Å²) in [4.78, 5) is 44.1. The van der Waals surface area contributed by atoms with Crippen molar-refractivity contribution in [2.75, 3.05) is 31.1 Å². The number of nitrogens with one attached hydrogen (secondary N) is 2. The van der Waals surface area contributed by atoms with E-state index in [1.807, 2.05) is 66.1 Å². The van der Waals surface area contributed by atoms with Crippen molar-refractivity contribution in [2.45, 2.75) is 69.9 Å². The fourth-order valence-corrected chi connectivity index (χ4v) is 6.25. The molecule has 0 aliphatic carbocycles. The number of nitrogens with zero attached hydrogens (tertiary/aromatic N) is 2. The van der Waals surface area contributed by atoms with Crippen molar-refractivity contribution >= 4 is 23.4 Å². The quantitative estimate of drug-likeness (QED) is 0.591. The van der Waals surface area contributed by atoms with Gasteiger partial charge in [-0.1, -0.05) is 48.5 Å². The molecule has 1 unspecified atom stereocenters. The average molecular weight is 517 g/mol. The van der Waals surface area contributed by atoms with E-state index in [-0.39, 0.29) is 29.7 Å². The van der Waals surface area contributed by atoms with Crippen molar-refractivity contribution in [1.82, 2.24) is 15.5 Å². The summed E-state index contributed by atoms with van der Waals surface area (Å²) in [6, 6.07) is 17.7. The van der Waals surface area contributed by atoms with Gasteiger partial charge in [0.25, 0.3) is 0 Å². The topological polar surface area (TPSA) is 81.8 Å². The van der Waals surface area contributed by atoms with Crippen molar-refractivity contribution in [3.8, 4) is 0 Å². The summed E-state index contributed by atoms with van der Waals surface area (Å²) in [7, 11) is 0. The van der Waals surface area contributed by atoms with E-state index in [0.29, 0.717) is 19.5 Å². The van der Waals surface area contributed by atoms with Gasteiger partial charge in [-0.3, -0.25) is 14.4 Å². The van der Waals surface area contributed by atoms with Crippen molar-refractivity contribution in [3.63, 3.8) is 0 Å². The lowest BCUT2D eigenvalue weighted by atomic mass is 9.86. The average Bonchev–Trinajstić information content (AvgIpc) is 3.16. The SMILES string of the molecule is CC1(C)C(=O)N(C2CCN(C(=O)C(CCc3ccccc3)NC(=O)C3CCNCC3)CC2)c2ccccc21. The number of piperidine rings is 2. The molecule has 0 spiro atoms. The van der Waals surface area contributed by atoms with E-state index < -0.39 is 11.5 Å². The molecule has 0 aromatic heterocycles. The van der Waals surface area contributed by atoms with Gasteiger partial charge >= 0.3 is 0 Å². The van der Waals surface area contributed by atoms with Gasteiger partial charge in [-0.15, -0.1) is 0 Å². The van der Waals surface area contributed by atoms with Gasteiger partial charge in [0.1, 0.15) is 6.04 Å². The number of carbonyl (C=O) groups is 3. The highest BCUT2D eigenvalue weighted by molar-refractivity contribution is 6.08. The maximum absolute atomic E-state index is 13.7. The molecule has 0 radical (unpaired) electrons. The highest BCUT2D eigenvalue weighted by atomic mass is 16.2. The Balaban J connectivity index is 1.25. The molecule has 38 heavy (non-hydrogen) atoms. The van der Waals surface area contributed by atoms with Gasteiger partial charge in [0.05, 0.1) is 5.41 Å². The summed E-state index contributed by atoms with van der Waals surface area (Å²) in [5.41, 5.74) is 2.70. The molecule has 7 heteroatoms. The normalized spacial score (nSPS) is 20.7. The minimum atomic E-state index is -0.540. The van der Waals surface area contributed by atoms with Crippen LogP contribution < -0.4 is 15.5 Å². The molecular weight excluding hydrogens is 476 g/mol. The van der Waals surface area contributed by atoms with Crippen LogP contribution in [0, 0.1) is 5.92 Å². The van der Waals surface area contributed by atoms with Crippen molar-refractivity contribution in [3.05, 3.63) is 65.7 Å². The Morgan fingerprint density at radius 1 is 0.974 bits per heavy atom. The van der Waals surface area contributed by atoms with Crippen LogP contribution in [0.3, 0.4) is 0 Å². The fourth-order valence-electron chi connectivity index (χ4n) is 6.25. The Hall–Kier alpha value is -3.19. The molecule has 1 atom stereocenters. The third kappa shape index (κ3) is 5.35. The van der Waals surface area contributed by atoms with Gasteiger partial charge in [0.15, 0.2) is 0 Å². The number of likely N-dealkylation sites (tertiary alicyclic amines) is 1. The number of aryl methyl sites for hydroxylation is 1. The standard InChI is InChI=1S/C31H40N4O3/c1-31(2)25-10-6-7-11-27(25)35(30(31)38)24-16-20-34(21-17-24)29(37)26(13-12-22-8-4-3-5-9-22)33-28(36)23-14-18-32-19-15-23/h3-11,23-24,26,32H,12-21H2,1-2H3,(H,33,36). The van der Waals surface area contributed by atoms with E-state index in [1.165, 1.54) is 0 Å². The monoisotopic (exact) mass is 516 g/mol. The Kier molecular flexibility index (Phi) is 7.84. The first kappa shape index (κ1) is 26.4. The Morgan fingerprint density at radius 3 is 2.34 bits per heavy atom. The maximum Gasteiger partial charge on any atom is 0.245 e. The zero-order valence-corrected chi connectivity index (χ0v) is 22.6. The van der Waals surface area contributed by atoms with Gasteiger partial charge in [0, 0.05) is 30.7 Å². The fraction of sp³-hybridized carbons (Fsp3) is 0.516. The number of hydrogen-bond donors (Lipinski definition) is 2. The molecule has 2 aromatic rings. The summed E-state index contributed by atoms with van der Waals surface area (Å²) in [5.74, 6) is 0.0847. The predicted octanol–water partition coefficient (Wildman–Crippen LogP) is 3.42. The zero-order chi connectivity index (χ0) is 26.7. The number of para-hydroxylation sites is 1. The first-order chi connectivity index (χ1) is 18.4. The molecule has 2 aromatic carbocycles. The zero-order valence-electron chi connectivity index (χ0n) is 22.6. The highest BCUT2D eigenvalue weighted by Crippen LogP contribution is 2.43. The van der Waals surface area contributed by atoms with E-state index in [9.17, 15) is 14.4 Å². The molecular formula is C31H40N4O3. The number of benzene rings is 2. The van der Waals surface area contributed by atoms with Crippen LogP contribution in [0.1, 0.15) is 57.1 Å². The molecule has 3 aliphatic rings. The number of anilines is 1. The van der Waals surface area contributed by atoms with Crippen LogP contribution in [0.15, 0.2) is 54.6 Å². The molecule has 202 valence electrons. The van der Waals surface area contributed by atoms with Crippen LogP contribution in [0.5, 0.6) is 0 Å². The molecule has 5 rings (SSSR count). The van der Waals surface area contributed by atoms with E-state index in [0.717, 1.165) is 62.0 Å². The van der Waals surface area contributed by atoms with Crippen LogP contribution in [0.4, 0.5) is 5.69 Å². The summed E-state index contributed by atoms with van der Waals surface area (Å²) >= 11 is 0. The lowest BCUT2D eigenvalue weighted by Gasteiger charge is -2.39. The van der Waals surface area contributed by atoms with Crippen LogP contribution in [0.25, 0.3) is 0 Å². The number of fused-ring (bicyclic) bond motifs is 1. The predicted molar refractivity (Wildman–Crippen MR) is 149 cm³/mol. The lowest BCUT2D eigenvalue weighted by Crippen LogP contribution is -2.55. The molecule has 0 bridgehead atoms. The highest BCUT2D eigenvalue weighted by Gasteiger charge is 2.47. The summed E-state index contributed by atoms with van der Waals surface area (Å²) in [6.07, 6.45) is 4.38. The van der Waals surface area contributed by atoms with Gasteiger partial charge < -0.3 is 20.4 Å². The number of hydrogen-bond acceptors (Lipinski definition) is 4. The third-order valence-electron chi connectivity index (χ3n) is 8.62. The summed E-state index contributed by atoms with van der Waals surface area (Å²) in [6.45, 7) is 6.83. The molecule has 3 heterocycles. The Bertz CT molecular complexity index is 1150. The minimum Gasteiger partial charge on any atom is -0.344 e. The Labute approximate surface area is 226 Å². The minimum absolute atomic E-state index is 0.00450. The molecule has 2 N–H and O–H groups in total. The summed E-state index contributed by atoms with van der Waals surface area (Å²) in [5, 5.41) is 6.43. The third-order valence-corrected chi connectivity index (χ3v) is 8.62. The Morgan fingerprint density at radius 2 is 1.63 bits per heavy atom. The lowest BCUT2D eigenvalue weighted by molar-refractivity contribution is -0.138. The number of amides is 3. The van der Waals surface area contributed by atoms with Gasteiger partial charge in [-0.25, -0.2) is 0 Å². The molecule has 2 fully saturated rings. The van der Waals surface area contributed by atoms with Gasteiger partial charge in [0.2, 0.25) is 17.7 Å². The second-order valence-electron chi connectivity index (χ2n) is 11.5. The van der Waals surface area contributed by atoms with Crippen molar-refractivity contribution < 1.29 is 14.4 Å². The van der Waals surface area contributed by atoms with Crippen LogP contribution >= 0.6 is 0 Å². The number of carbonyl (C=O) groups excluding carboxylic acids is 3.